The van der Waals surface area contributed by atoms with Gasteiger partial charge in [-0.3, -0.25) is 14.4 Å². The molecule has 0 unspecified atom stereocenters. The lowest BCUT2D eigenvalue weighted by molar-refractivity contribution is -0.133. The van der Waals surface area contributed by atoms with Gasteiger partial charge in [0.1, 0.15) is 6.10 Å². The zero-order valence-corrected chi connectivity index (χ0v) is 18.0. The number of primary amides is 1. The van der Waals surface area contributed by atoms with Gasteiger partial charge in [0, 0.05) is 19.2 Å². The Morgan fingerprint density at radius 1 is 1.36 bits per heavy atom. The molecule has 2 fully saturated rings. The first kappa shape index (κ1) is 25.1. The molecule has 33 heavy (non-hydrogen) atoms. The van der Waals surface area contributed by atoms with E-state index in [2.05, 4.69) is 29.2 Å². The number of likely N-dealkylation sites (tertiary alicyclic amines) is 1. The molecule has 1 saturated heterocycles. The third kappa shape index (κ3) is 5.97. The highest BCUT2D eigenvalue weighted by Crippen LogP contribution is 2.40. The van der Waals surface area contributed by atoms with Crippen LogP contribution < -0.4 is 11.1 Å². The number of aliphatic hydroxyl groups excluding tert-OH is 1. The Morgan fingerprint density at radius 2 is 2.03 bits per heavy atom. The molecular weight excluding hydrogens is 429 g/mol. The van der Waals surface area contributed by atoms with Crippen molar-refractivity contribution in [2.75, 3.05) is 18.9 Å². The summed E-state index contributed by atoms with van der Waals surface area (Å²) in [5.74, 6) is 0.724. The van der Waals surface area contributed by atoms with Gasteiger partial charge in [0.05, 0.1) is 17.6 Å². The lowest BCUT2D eigenvalue weighted by atomic mass is 10.2. The molecule has 10 heteroatoms. The van der Waals surface area contributed by atoms with Gasteiger partial charge in [0.2, 0.25) is 0 Å². The fourth-order valence-electron chi connectivity index (χ4n) is 2.89. The smallest absolute Gasteiger partial charge is 0.271 e. The number of anilines is 1. The topological polar surface area (TPSA) is 131 Å². The molecule has 1 aromatic carbocycles. The van der Waals surface area contributed by atoms with Crippen LogP contribution in [-0.2, 0) is 9.59 Å². The first-order valence-corrected chi connectivity index (χ1v) is 9.88. The molecular formula is C23H24FN5O4. The lowest BCUT2D eigenvalue weighted by Crippen LogP contribution is -2.26. The van der Waals surface area contributed by atoms with Crippen LogP contribution in [0.5, 0.6) is 0 Å². The van der Waals surface area contributed by atoms with E-state index in [4.69, 9.17) is 17.3 Å². The van der Waals surface area contributed by atoms with Gasteiger partial charge in [0.25, 0.3) is 17.7 Å². The van der Waals surface area contributed by atoms with Crippen LogP contribution in [0.3, 0.4) is 0 Å². The summed E-state index contributed by atoms with van der Waals surface area (Å²) < 4.78 is 15.1. The van der Waals surface area contributed by atoms with Crippen LogP contribution in [0.15, 0.2) is 30.5 Å². The van der Waals surface area contributed by atoms with Gasteiger partial charge in [-0.1, -0.05) is 12.0 Å². The van der Waals surface area contributed by atoms with Gasteiger partial charge in [-0.25, -0.2) is 9.07 Å². The number of alkyl halides is 1. The molecule has 0 spiro atoms. The van der Waals surface area contributed by atoms with Crippen LogP contribution in [0, 0.1) is 25.2 Å². The van der Waals surface area contributed by atoms with Crippen LogP contribution in [0.4, 0.5) is 10.1 Å². The van der Waals surface area contributed by atoms with Crippen molar-refractivity contribution in [1.29, 1.82) is 0 Å². The van der Waals surface area contributed by atoms with Crippen molar-refractivity contribution < 1.29 is 23.9 Å². The van der Waals surface area contributed by atoms with Crippen molar-refractivity contribution in [3.8, 4) is 30.9 Å². The van der Waals surface area contributed by atoms with E-state index in [1.165, 1.54) is 15.8 Å². The van der Waals surface area contributed by atoms with E-state index < -0.39 is 23.6 Å². The highest BCUT2D eigenvalue weighted by molar-refractivity contribution is 6.04. The largest absolute Gasteiger partial charge is 0.383 e. The molecule has 0 radical (unpaired) electrons. The molecule has 1 aliphatic heterocycles. The molecule has 1 aromatic heterocycles. The van der Waals surface area contributed by atoms with E-state index in [-0.39, 0.29) is 30.1 Å². The molecule has 4 N–H and O–H groups in total. The molecule has 1 saturated carbocycles. The lowest BCUT2D eigenvalue weighted by Gasteiger charge is -2.05. The van der Waals surface area contributed by atoms with Gasteiger partial charge in [0.15, 0.2) is 11.4 Å². The van der Waals surface area contributed by atoms with Crippen molar-refractivity contribution in [3.63, 3.8) is 0 Å². The van der Waals surface area contributed by atoms with Crippen molar-refractivity contribution >= 4 is 23.4 Å². The highest BCUT2D eigenvalue weighted by atomic mass is 19.1. The maximum Gasteiger partial charge on any atom is 0.271 e. The summed E-state index contributed by atoms with van der Waals surface area (Å²) in [6.45, 7) is 0.694. The van der Waals surface area contributed by atoms with Gasteiger partial charge < -0.3 is 21.1 Å². The maximum atomic E-state index is 13.8. The third-order valence-corrected chi connectivity index (χ3v) is 4.97. The summed E-state index contributed by atoms with van der Waals surface area (Å²) in [5, 5.41) is 15.2. The quantitative estimate of drug-likeness (QED) is 0.591. The van der Waals surface area contributed by atoms with E-state index >= 15 is 0 Å². The number of aliphatic hydroxyl groups is 1. The van der Waals surface area contributed by atoms with Crippen molar-refractivity contribution in [1.82, 2.24) is 14.7 Å². The summed E-state index contributed by atoms with van der Waals surface area (Å²) in [6.07, 6.45) is 15.0. The molecule has 2 aliphatic rings. The Balaban J connectivity index is 0.000000323. The number of hydrogen-bond donors (Lipinski definition) is 3. The number of rotatable bonds is 4. The van der Waals surface area contributed by atoms with E-state index in [1.54, 1.807) is 31.3 Å². The SMILES string of the molecule is C#C.C#Cc1cccc(-n2cc(NC(=O)C3(F)CC3)c(C(N)=O)n2)c1.CN1CC[C@H](O)C1=O. The normalized spacial score (nSPS) is 17.5. The fraction of sp³-hybridized carbons (Fsp3) is 0.304. The molecule has 1 aliphatic carbocycles. The number of amides is 3. The number of carbonyl (C=O) groups is 3. The van der Waals surface area contributed by atoms with Gasteiger partial charge in [-0.05, 0) is 37.5 Å². The summed E-state index contributed by atoms with van der Waals surface area (Å²) in [6, 6.07) is 6.88. The fourth-order valence-corrected chi connectivity index (χ4v) is 2.89. The van der Waals surface area contributed by atoms with Crippen molar-refractivity contribution in [3.05, 3.63) is 41.7 Å². The van der Waals surface area contributed by atoms with Crippen molar-refractivity contribution in [2.45, 2.75) is 31.0 Å². The molecule has 4 rings (SSSR count). The van der Waals surface area contributed by atoms with E-state index in [1.807, 2.05) is 0 Å². The standard InChI is InChI=1S/C16H13FN4O2.C5H9NO2.C2H2/c1-2-10-4-3-5-11(8-10)21-9-12(13(20-21)14(18)22)19-15(23)16(17)6-7-16;1-6-3-2-4(7)5(6)8;1-2/h1,3-5,8-9H,6-7H2,(H2,18,22)(H,19,23);4,7H,2-3H2,1H3;1-2H/t;4-;/m.0./s1. The second-order valence-corrected chi connectivity index (χ2v) is 7.38. The number of carbonyl (C=O) groups excluding carboxylic acids is 3. The maximum absolute atomic E-state index is 13.8. The number of likely N-dealkylation sites (N-methyl/N-ethyl adjacent to an activating group) is 1. The molecule has 1 atom stereocenters. The van der Waals surface area contributed by atoms with Crippen LogP contribution in [-0.4, -0.2) is 62.9 Å². The highest BCUT2D eigenvalue weighted by Gasteiger charge is 2.51. The number of terminal acetylenes is 2. The van der Waals surface area contributed by atoms with Crippen LogP contribution >= 0.6 is 0 Å². The molecule has 2 aromatic rings. The number of nitrogens with one attached hydrogen (secondary N) is 1. The zero-order chi connectivity index (χ0) is 24.8. The number of nitrogens with two attached hydrogens (primary N) is 1. The average molecular weight is 453 g/mol. The Hall–Kier alpha value is -4.15. The Labute approximate surface area is 190 Å². The number of nitrogens with zero attached hydrogens (tertiary/aromatic N) is 3. The summed E-state index contributed by atoms with van der Waals surface area (Å²) in [4.78, 5) is 35.4. The van der Waals surface area contributed by atoms with E-state index in [9.17, 15) is 18.8 Å². The molecule has 3 amide bonds. The zero-order valence-electron chi connectivity index (χ0n) is 18.0. The second kappa shape index (κ2) is 10.4. The minimum Gasteiger partial charge on any atom is -0.383 e. The number of halogens is 1. The molecule has 9 nitrogen and oxygen atoms in total. The number of benzene rings is 1. The van der Waals surface area contributed by atoms with E-state index in [0.717, 1.165) is 0 Å². The molecule has 2 heterocycles. The summed E-state index contributed by atoms with van der Waals surface area (Å²) in [7, 11) is 1.69. The number of aromatic nitrogens is 2. The summed E-state index contributed by atoms with van der Waals surface area (Å²) >= 11 is 0. The first-order chi connectivity index (χ1) is 15.6. The third-order valence-electron chi connectivity index (χ3n) is 4.97. The molecule has 172 valence electrons. The Kier molecular flexibility index (Phi) is 7.95. The average Bonchev–Trinajstić information content (AvgIpc) is 3.33. The predicted molar refractivity (Wildman–Crippen MR) is 120 cm³/mol. The van der Waals surface area contributed by atoms with Crippen LogP contribution in [0.2, 0.25) is 0 Å². The molecule has 0 bridgehead atoms. The Morgan fingerprint density at radius 3 is 2.48 bits per heavy atom. The minimum absolute atomic E-state index is 0.0672. The van der Waals surface area contributed by atoms with Crippen LogP contribution in [0.25, 0.3) is 5.69 Å². The van der Waals surface area contributed by atoms with E-state index in [0.29, 0.717) is 24.2 Å². The van der Waals surface area contributed by atoms with Gasteiger partial charge >= 0.3 is 0 Å². The first-order valence-electron chi connectivity index (χ1n) is 9.88. The second-order valence-electron chi connectivity index (χ2n) is 7.38. The van der Waals surface area contributed by atoms with Gasteiger partial charge in [-0.15, -0.1) is 19.3 Å². The Bertz CT molecular complexity index is 1100. The monoisotopic (exact) mass is 453 g/mol. The predicted octanol–water partition coefficient (Wildman–Crippen LogP) is 0.852. The van der Waals surface area contributed by atoms with Crippen LogP contribution in [0.1, 0.15) is 35.3 Å². The minimum atomic E-state index is -1.86. The summed E-state index contributed by atoms with van der Waals surface area (Å²) in [5.41, 5.74) is 4.55. The number of hydrogen-bond acceptors (Lipinski definition) is 5. The van der Waals surface area contributed by atoms with Crippen molar-refractivity contribution in [2.24, 2.45) is 5.73 Å². The van der Waals surface area contributed by atoms with Gasteiger partial charge in [-0.2, -0.15) is 5.10 Å².